The largest absolute Gasteiger partial charge is 0.356 e. The van der Waals surface area contributed by atoms with E-state index >= 15 is 0 Å². The topological polar surface area (TPSA) is 67.1 Å². The molecule has 144 valence electrons. The highest BCUT2D eigenvalue weighted by atomic mass is 32.2. The minimum Gasteiger partial charge on any atom is -0.356 e. The molecular weight excluding hydrogens is 332 g/mol. The second-order valence-corrected chi connectivity index (χ2v) is 7.44. The summed E-state index contributed by atoms with van der Waals surface area (Å²) in [7, 11) is 1.98. The molecule has 1 heterocycles. The Kier molecular flexibility index (Phi) is 11.4. The molecule has 1 aromatic heterocycles. The average molecular weight is 369 g/mol. The van der Waals surface area contributed by atoms with Gasteiger partial charge in [0.05, 0.1) is 0 Å². The van der Waals surface area contributed by atoms with Gasteiger partial charge in [-0.05, 0) is 37.7 Å². The smallest absolute Gasteiger partial charge is 0.191 e. The van der Waals surface area contributed by atoms with E-state index in [1.165, 1.54) is 25.7 Å². The van der Waals surface area contributed by atoms with Crippen molar-refractivity contribution in [2.24, 2.45) is 18.0 Å². The normalized spacial score (nSPS) is 13.1. The molecule has 0 saturated carbocycles. The molecule has 0 spiro atoms. The van der Waals surface area contributed by atoms with Gasteiger partial charge in [-0.15, -0.1) is 10.2 Å². The summed E-state index contributed by atoms with van der Waals surface area (Å²) in [5, 5.41) is 15.3. The van der Waals surface area contributed by atoms with Gasteiger partial charge in [-0.1, -0.05) is 33.1 Å². The summed E-state index contributed by atoms with van der Waals surface area (Å²) in [6.07, 6.45) is 8.32. The summed E-state index contributed by atoms with van der Waals surface area (Å²) < 4.78 is 1.99. The van der Waals surface area contributed by atoms with E-state index in [-0.39, 0.29) is 0 Å². The zero-order valence-corrected chi connectivity index (χ0v) is 17.5. The van der Waals surface area contributed by atoms with E-state index in [0.29, 0.717) is 12.5 Å². The molecule has 0 aliphatic rings. The highest BCUT2D eigenvalue weighted by Gasteiger charge is 2.08. The number of thioether (sulfide) groups is 1. The maximum atomic E-state index is 4.72. The van der Waals surface area contributed by atoms with Gasteiger partial charge in [-0.2, -0.15) is 11.8 Å². The first-order valence-corrected chi connectivity index (χ1v) is 10.9. The molecule has 1 rings (SSSR count). The Morgan fingerprint density at radius 3 is 2.64 bits per heavy atom. The third-order valence-corrected chi connectivity index (χ3v) is 5.18. The highest BCUT2D eigenvalue weighted by Crippen LogP contribution is 2.11. The molecule has 7 heteroatoms. The third kappa shape index (κ3) is 8.61. The van der Waals surface area contributed by atoms with Crippen molar-refractivity contribution in [3.05, 3.63) is 11.6 Å². The molecule has 0 aromatic carbocycles. The molecule has 0 amide bonds. The van der Waals surface area contributed by atoms with Gasteiger partial charge in [0.2, 0.25) is 0 Å². The van der Waals surface area contributed by atoms with Crippen LogP contribution in [0.3, 0.4) is 0 Å². The zero-order valence-electron chi connectivity index (χ0n) is 16.6. The summed E-state index contributed by atoms with van der Waals surface area (Å²) in [4.78, 5) is 4.72. The molecule has 0 aliphatic heterocycles. The second-order valence-electron chi connectivity index (χ2n) is 6.46. The molecule has 1 unspecified atom stereocenters. The summed E-state index contributed by atoms with van der Waals surface area (Å²) in [5.41, 5.74) is 0. The SMILES string of the molecule is CCCCC(CC)CNC(=NCc1nnc(C)n1C)NCCCSC. The van der Waals surface area contributed by atoms with Crippen LogP contribution < -0.4 is 10.6 Å². The maximum Gasteiger partial charge on any atom is 0.191 e. The van der Waals surface area contributed by atoms with E-state index in [1.807, 2.05) is 30.3 Å². The van der Waals surface area contributed by atoms with Crippen LogP contribution in [0.25, 0.3) is 0 Å². The van der Waals surface area contributed by atoms with Crippen molar-refractivity contribution in [2.75, 3.05) is 25.1 Å². The predicted octanol–water partition coefficient (Wildman–Crippen LogP) is 3.13. The number of hydrogen-bond donors (Lipinski definition) is 2. The molecule has 0 aliphatic carbocycles. The maximum absolute atomic E-state index is 4.72. The number of unbranched alkanes of at least 4 members (excludes halogenated alkanes) is 1. The number of rotatable bonds is 12. The van der Waals surface area contributed by atoms with Crippen molar-refractivity contribution < 1.29 is 0 Å². The van der Waals surface area contributed by atoms with Crippen LogP contribution in [0.15, 0.2) is 4.99 Å². The fourth-order valence-corrected chi connectivity index (χ4v) is 2.95. The first kappa shape index (κ1) is 21.8. The Balaban J connectivity index is 2.60. The van der Waals surface area contributed by atoms with E-state index in [2.05, 4.69) is 40.9 Å². The molecule has 1 aromatic rings. The van der Waals surface area contributed by atoms with Crippen molar-refractivity contribution in [1.82, 2.24) is 25.4 Å². The Morgan fingerprint density at radius 1 is 1.24 bits per heavy atom. The molecule has 25 heavy (non-hydrogen) atoms. The van der Waals surface area contributed by atoms with Gasteiger partial charge >= 0.3 is 0 Å². The van der Waals surface area contributed by atoms with Crippen LogP contribution in [-0.2, 0) is 13.6 Å². The third-order valence-electron chi connectivity index (χ3n) is 4.48. The summed E-state index contributed by atoms with van der Waals surface area (Å²) in [5.74, 6) is 4.56. The standard InChI is InChI=1S/C18H36N6S/c1-6-8-10-16(7-2)13-20-18(19-11-9-12-25-5)21-14-17-23-22-15(3)24(17)4/h16H,6-14H2,1-5H3,(H2,19,20,21). The Labute approximate surface area is 157 Å². The summed E-state index contributed by atoms with van der Waals surface area (Å²) in [6.45, 7) is 8.94. The van der Waals surface area contributed by atoms with Crippen molar-refractivity contribution in [2.45, 2.75) is 59.4 Å². The van der Waals surface area contributed by atoms with Gasteiger partial charge in [-0.25, -0.2) is 4.99 Å². The van der Waals surface area contributed by atoms with Gasteiger partial charge in [0.25, 0.3) is 0 Å². The number of nitrogens with zero attached hydrogens (tertiary/aromatic N) is 4. The van der Waals surface area contributed by atoms with Gasteiger partial charge in [0, 0.05) is 20.1 Å². The second kappa shape index (κ2) is 13.0. The van der Waals surface area contributed by atoms with Crippen molar-refractivity contribution in [3.63, 3.8) is 0 Å². The first-order chi connectivity index (χ1) is 12.1. The zero-order chi connectivity index (χ0) is 18.5. The van der Waals surface area contributed by atoms with Crippen molar-refractivity contribution >= 4 is 17.7 Å². The Hall–Kier alpha value is -1.24. The summed E-state index contributed by atoms with van der Waals surface area (Å²) in [6, 6.07) is 0. The van der Waals surface area contributed by atoms with Crippen LogP contribution in [0.1, 0.15) is 57.6 Å². The van der Waals surface area contributed by atoms with E-state index < -0.39 is 0 Å². The number of nitrogens with one attached hydrogen (secondary N) is 2. The van der Waals surface area contributed by atoms with Crippen LogP contribution >= 0.6 is 11.8 Å². The predicted molar refractivity (Wildman–Crippen MR) is 109 cm³/mol. The quantitative estimate of drug-likeness (QED) is 0.337. The lowest BCUT2D eigenvalue weighted by Gasteiger charge is -2.18. The van der Waals surface area contributed by atoms with E-state index in [9.17, 15) is 0 Å². The molecule has 2 N–H and O–H groups in total. The van der Waals surface area contributed by atoms with Gasteiger partial charge in [0.1, 0.15) is 12.4 Å². The van der Waals surface area contributed by atoms with E-state index in [4.69, 9.17) is 4.99 Å². The van der Waals surface area contributed by atoms with E-state index in [1.54, 1.807) is 0 Å². The highest BCUT2D eigenvalue weighted by molar-refractivity contribution is 7.98. The molecule has 0 radical (unpaired) electrons. The van der Waals surface area contributed by atoms with Crippen LogP contribution in [0.4, 0.5) is 0 Å². The van der Waals surface area contributed by atoms with Crippen molar-refractivity contribution in [1.29, 1.82) is 0 Å². The molecule has 0 saturated heterocycles. The van der Waals surface area contributed by atoms with Crippen LogP contribution in [-0.4, -0.2) is 45.8 Å². The lowest BCUT2D eigenvalue weighted by molar-refractivity contribution is 0.443. The van der Waals surface area contributed by atoms with Gasteiger partial charge in [-0.3, -0.25) is 0 Å². The molecular formula is C18H36N6S. The van der Waals surface area contributed by atoms with Crippen LogP contribution in [0, 0.1) is 12.8 Å². The monoisotopic (exact) mass is 368 g/mol. The van der Waals surface area contributed by atoms with Crippen LogP contribution in [0.2, 0.25) is 0 Å². The number of guanidine groups is 1. The molecule has 6 nitrogen and oxygen atoms in total. The number of aryl methyl sites for hydroxylation is 1. The average Bonchev–Trinajstić information content (AvgIpc) is 2.94. The molecule has 0 fully saturated rings. The Morgan fingerprint density at radius 2 is 2.04 bits per heavy atom. The minimum absolute atomic E-state index is 0.543. The summed E-state index contributed by atoms with van der Waals surface area (Å²) >= 11 is 1.88. The fourth-order valence-electron chi connectivity index (χ4n) is 2.52. The Bertz CT molecular complexity index is 500. The number of aromatic nitrogens is 3. The van der Waals surface area contributed by atoms with Gasteiger partial charge in [0.15, 0.2) is 11.8 Å². The van der Waals surface area contributed by atoms with Crippen LogP contribution in [0.5, 0.6) is 0 Å². The fraction of sp³-hybridized carbons (Fsp3) is 0.833. The lowest BCUT2D eigenvalue weighted by Crippen LogP contribution is -2.40. The van der Waals surface area contributed by atoms with Gasteiger partial charge < -0.3 is 15.2 Å². The number of aliphatic imine (C=N–C) groups is 1. The minimum atomic E-state index is 0.543. The first-order valence-electron chi connectivity index (χ1n) is 9.48. The van der Waals surface area contributed by atoms with E-state index in [0.717, 1.165) is 42.9 Å². The molecule has 0 bridgehead atoms. The number of hydrogen-bond acceptors (Lipinski definition) is 4. The van der Waals surface area contributed by atoms with Crippen molar-refractivity contribution in [3.8, 4) is 0 Å². The molecule has 1 atom stereocenters. The lowest BCUT2D eigenvalue weighted by atomic mass is 9.99.